The summed E-state index contributed by atoms with van der Waals surface area (Å²) in [4.78, 5) is 0. The number of aliphatic hydroxyl groups excluding tert-OH is 1. The molecule has 0 fully saturated rings. The van der Waals surface area contributed by atoms with Gasteiger partial charge in [0.15, 0.2) is 0 Å². The van der Waals surface area contributed by atoms with E-state index in [1.54, 1.807) is 0 Å². The second-order valence-corrected chi connectivity index (χ2v) is 3.57. The second kappa shape index (κ2) is 4.40. The molecule has 1 atom stereocenters. The van der Waals surface area contributed by atoms with Gasteiger partial charge >= 0.3 is 0 Å². The maximum Gasteiger partial charge on any atom is 0.243 e. The van der Waals surface area contributed by atoms with Crippen molar-refractivity contribution in [2.75, 3.05) is 6.61 Å². The van der Waals surface area contributed by atoms with Gasteiger partial charge in [0.1, 0.15) is 6.61 Å². The van der Waals surface area contributed by atoms with Crippen LogP contribution < -0.4 is 0 Å². The topological polar surface area (TPSA) is 127 Å². The largest absolute Gasteiger partial charge is 0.391 e. The molecule has 1 aromatic rings. The minimum absolute atomic E-state index is 0.161. The first-order valence-corrected chi connectivity index (χ1v) is 4.61. The Morgan fingerprint density at radius 2 is 1.94 bits per heavy atom. The fraction of sp³-hybridized carbons (Fsp3) is 0.556. The van der Waals surface area contributed by atoms with Crippen molar-refractivity contribution < 1.29 is 25.5 Å². The molecule has 0 bridgehead atoms. The van der Waals surface area contributed by atoms with Crippen LogP contribution in [0.25, 0.3) is 0 Å². The minimum Gasteiger partial charge on any atom is -0.391 e. The number of hydrogen-bond acceptors (Lipinski definition) is 7. The number of rotatable bonds is 4. The molecule has 5 N–H and O–H groups in total. The lowest BCUT2D eigenvalue weighted by Gasteiger charge is -2.37. The summed E-state index contributed by atoms with van der Waals surface area (Å²) >= 11 is 0. The van der Waals surface area contributed by atoms with Gasteiger partial charge in [-0.05, 0) is 12.1 Å². The first-order valence-electron chi connectivity index (χ1n) is 4.61. The van der Waals surface area contributed by atoms with Gasteiger partial charge in [-0.3, -0.25) is 0 Å². The third-order valence-corrected chi connectivity index (χ3v) is 2.45. The van der Waals surface area contributed by atoms with Gasteiger partial charge in [0.2, 0.25) is 11.6 Å². The van der Waals surface area contributed by atoms with Crippen LogP contribution in [0.3, 0.4) is 0 Å². The van der Waals surface area contributed by atoms with E-state index < -0.39 is 24.1 Å². The van der Waals surface area contributed by atoms with Gasteiger partial charge in [-0.15, -0.1) is 0 Å². The van der Waals surface area contributed by atoms with Gasteiger partial charge in [0.05, 0.1) is 11.6 Å². The molecule has 7 heteroatoms. The quantitative estimate of drug-likeness (QED) is 0.376. The Balaban J connectivity index is 3.01. The zero-order chi connectivity index (χ0) is 12.4. The van der Waals surface area contributed by atoms with Gasteiger partial charge in [-0.1, -0.05) is 6.92 Å². The summed E-state index contributed by atoms with van der Waals surface area (Å²) in [5.41, 5.74) is 0.161. The monoisotopic (exact) mass is 230 g/mol. The normalized spacial score (nSPS) is 14.9. The molecule has 1 aromatic heterocycles. The third-order valence-electron chi connectivity index (χ3n) is 2.45. The lowest BCUT2D eigenvalue weighted by Crippen LogP contribution is -2.59. The highest BCUT2D eigenvalue weighted by atomic mass is 16.6. The third kappa shape index (κ3) is 2.18. The lowest BCUT2D eigenvalue weighted by atomic mass is 9.90. The Kier molecular flexibility index (Phi) is 3.56. The molecular weight excluding hydrogens is 216 g/mol. The average Bonchev–Trinajstić information content (AvgIpc) is 2.29. The summed E-state index contributed by atoms with van der Waals surface area (Å²) in [6, 6.07) is 2.97. The van der Waals surface area contributed by atoms with Crippen LogP contribution in [0.4, 0.5) is 0 Å². The van der Waals surface area contributed by atoms with E-state index in [1.165, 1.54) is 25.3 Å². The van der Waals surface area contributed by atoms with E-state index in [0.717, 1.165) is 0 Å². The zero-order valence-electron chi connectivity index (χ0n) is 8.65. The van der Waals surface area contributed by atoms with E-state index in [9.17, 15) is 20.4 Å². The van der Waals surface area contributed by atoms with Crippen molar-refractivity contribution in [3.05, 3.63) is 24.0 Å². The summed E-state index contributed by atoms with van der Waals surface area (Å²) in [7, 11) is 0. The summed E-state index contributed by atoms with van der Waals surface area (Å²) < 4.78 is 0. The van der Waals surface area contributed by atoms with Crippen LogP contribution >= 0.6 is 0 Å². The lowest BCUT2D eigenvalue weighted by molar-refractivity contribution is -0.373. The van der Waals surface area contributed by atoms with Gasteiger partial charge in [-0.25, -0.2) is 0 Å². The van der Waals surface area contributed by atoms with Crippen molar-refractivity contribution in [2.24, 2.45) is 0 Å². The van der Waals surface area contributed by atoms with Crippen LogP contribution in [0, 0.1) is 0 Å². The van der Waals surface area contributed by atoms with Crippen LogP contribution in [-0.4, -0.2) is 53.9 Å². The highest BCUT2D eigenvalue weighted by Crippen LogP contribution is 2.31. The Labute approximate surface area is 91.6 Å². The molecule has 0 radical (unpaired) electrons. The van der Waals surface area contributed by atoms with E-state index in [4.69, 9.17) is 5.11 Å². The standard InChI is InChI=1S/C9H14N2O5/c1-6(7-3-2-4-10-11-7)9(15,16)8(13,14)5-12/h2-4,6,12-16H,5H2,1H3. The first kappa shape index (κ1) is 12.9. The SMILES string of the molecule is CC(c1cccnn1)C(O)(O)C(O)(O)CO. The fourth-order valence-corrected chi connectivity index (χ4v) is 1.21. The molecule has 1 rings (SSSR count). The van der Waals surface area contributed by atoms with Crippen molar-refractivity contribution in [1.29, 1.82) is 0 Å². The van der Waals surface area contributed by atoms with Crippen LogP contribution in [0.15, 0.2) is 18.3 Å². The smallest absolute Gasteiger partial charge is 0.243 e. The number of hydrogen-bond donors (Lipinski definition) is 5. The Morgan fingerprint density at radius 1 is 1.31 bits per heavy atom. The number of aromatic nitrogens is 2. The van der Waals surface area contributed by atoms with E-state index >= 15 is 0 Å². The Hall–Kier alpha value is -1.12. The van der Waals surface area contributed by atoms with Gasteiger partial charge in [0.25, 0.3) is 0 Å². The van der Waals surface area contributed by atoms with Crippen LogP contribution in [0.1, 0.15) is 18.5 Å². The molecule has 90 valence electrons. The van der Waals surface area contributed by atoms with E-state index in [1.807, 2.05) is 0 Å². The fourth-order valence-electron chi connectivity index (χ4n) is 1.21. The molecule has 0 spiro atoms. The zero-order valence-corrected chi connectivity index (χ0v) is 8.65. The number of nitrogens with zero attached hydrogens (tertiary/aromatic N) is 2. The molecule has 1 heterocycles. The maximum atomic E-state index is 9.59. The van der Waals surface area contributed by atoms with Crippen molar-refractivity contribution in [3.63, 3.8) is 0 Å². The summed E-state index contributed by atoms with van der Waals surface area (Å²) in [5, 5.41) is 53.5. The van der Waals surface area contributed by atoms with E-state index in [-0.39, 0.29) is 5.69 Å². The molecule has 0 saturated carbocycles. The molecule has 0 saturated heterocycles. The van der Waals surface area contributed by atoms with Gasteiger partial charge < -0.3 is 25.5 Å². The van der Waals surface area contributed by atoms with Crippen LogP contribution in [-0.2, 0) is 0 Å². The summed E-state index contributed by atoms with van der Waals surface area (Å²) in [5.74, 6) is -7.11. The van der Waals surface area contributed by atoms with Gasteiger partial charge in [0, 0.05) is 6.20 Å². The second-order valence-electron chi connectivity index (χ2n) is 3.57. The van der Waals surface area contributed by atoms with E-state index in [0.29, 0.717) is 0 Å². The Morgan fingerprint density at radius 3 is 2.38 bits per heavy atom. The first-order chi connectivity index (χ1) is 7.33. The molecule has 0 aliphatic heterocycles. The molecule has 0 aliphatic rings. The molecular formula is C9H14N2O5. The predicted octanol–water partition coefficient (Wildman–Crippen LogP) is -2.07. The average molecular weight is 230 g/mol. The van der Waals surface area contributed by atoms with Crippen molar-refractivity contribution in [3.8, 4) is 0 Å². The van der Waals surface area contributed by atoms with Crippen LogP contribution in [0.5, 0.6) is 0 Å². The summed E-state index contributed by atoms with van der Waals surface area (Å²) in [6.45, 7) is 0.103. The number of aliphatic hydroxyl groups is 5. The molecule has 16 heavy (non-hydrogen) atoms. The highest BCUT2D eigenvalue weighted by molar-refractivity contribution is 5.11. The van der Waals surface area contributed by atoms with Crippen molar-refractivity contribution in [1.82, 2.24) is 10.2 Å². The molecule has 1 unspecified atom stereocenters. The Bertz CT molecular complexity index is 341. The molecule has 0 amide bonds. The van der Waals surface area contributed by atoms with Crippen molar-refractivity contribution >= 4 is 0 Å². The predicted molar refractivity (Wildman–Crippen MR) is 51.9 cm³/mol. The molecule has 0 aliphatic carbocycles. The molecule has 7 nitrogen and oxygen atoms in total. The van der Waals surface area contributed by atoms with E-state index in [2.05, 4.69) is 10.2 Å². The van der Waals surface area contributed by atoms with Crippen molar-refractivity contribution in [2.45, 2.75) is 24.4 Å². The minimum atomic E-state index is -3.04. The summed E-state index contributed by atoms with van der Waals surface area (Å²) in [6.07, 6.45) is 1.39. The highest BCUT2D eigenvalue weighted by Gasteiger charge is 2.51. The molecule has 0 aromatic carbocycles. The van der Waals surface area contributed by atoms with Gasteiger partial charge in [-0.2, -0.15) is 10.2 Å². The van der Waals surface area contributed by atoms with Crippen LogP contribution in [0.2, 0.25) is 0 Å². The maximum absolute atomic E-state index is 9.59.